The molecule has 1 aliphatic carbocycles. The van der Waals surface area contributed by atoms with Crippen LogP contribution < -0.4 is 5.32 Å². The predicted molar refractivity (Wildman–Crippen MR) is 93.1 cm³/mol. The molecule has 1 aromatic heterocycles. The van der Waals surface area contributed by atoms with E-state index in [2.05, 4.69) is 10.4 Å². The minimum atomic E-state index is -0.292. The number of amides is 1. The molecule has 1 saturated carbocycles. The molecule has 0 bridgehead atoms. The molecule has 6 heteroatoms. The molecule has 0 saturated heterocycles. The average Bonchev–Trinajstić information content (AvgIpc) is 3.38. The van der Waals surface area contributed by atoms with Gasteiger partial charge in [-0.05, 0) is 63.3 Å². The third-order valence-electron chi connectivity index (χ3n) is 4.83. The first kappa shape index (κ1) is 17.6. The van der Waals surface area contributed by atoms with Crippen molar-refractivity contribution < 1.29 is 14.3 Å². The lowest BCUT2D eigenvalue weighted by atomic mass is 10.1. The number of rotatable bonds is 7. The van der Waals surface area contributed by atoms with Crippen molar-refractivity contribution in [3.8, 4) is 5.69 Å². The van der Waals surface area contributed by atoms with Crippen LogP contribution in [0, 0.1) is 25.6 Å². The van der Waals surface area contributed by atoms with Crippen LogP contribution in [0.25, 0.3) is 5.69 Å². The molecule has 134 valence electrons. The third-order valence-corrected chi connectivity index (χ3v) is 4.83. The van der Waals surface area contributed by atoms with E-state index in [4.69, 9.17) is 5.11 Å². The fourth-order valence-electron chi connectivity index (χ4n) is 3.25. The number of aliphatic hydroxyl groups is 1. The number of aryl methyl sites for hydroxylation is 1. The minimum Gasteiger partial charge on any atom is -0.396 e. The number of carbonyl (C=O) groups excluding carboxylic acids is 1. The average molecular weight is 345 g/mol. The molecule has 0 aliphatic heterocycles. The standard InChI is InChI=1S/C19H24FN3O2/c1-12-17(11-19(25)21-18(9-10-24)14-3-4-14)13(2)23(22-12)16-7-5-15(20)6-8-16/h5-8,14,18,24H,3-4,9-11H2,1-2H3,(H,21,25). The molecule has 1 unspecified atom stereocenters. The molecule has 1 aromatic carbocycles. The van der Waals surface area contributed by atoms with Crippen molar-refractivity contribution in [3.63, 3.8) is 0 Å². The van der Waals surface area contributed by atoms with Gasteiger partial charge in [0.05, 0.1) is 17.8 Å². The van der Waals surface area contributed by atoms with Gasteiger partial charge < -0.3 is 10.4 Å². The first-order chi connectivity index (χ1) is 12.0. The Morgan fingerprint density at radius 1 is 1.36 bits per heavy atom. The first-order valence-corrected chi connectivity index (χ1v) is 8.71. The van der Waals surface area contributed by atoms with Gasteiger partial charge in [0, 0.05) is 23.9 Å². The SMILES string of the molecule is Cc1nn(-c2ccc(F)cc2)c(C)c1CC(=O)NC(CCO)C1CC1. The van der Waals surface area contributed by atoms with Crippen molar-refractivity contribution in [1.82, 2.24) is 15.1 Å². The predicted octanol–water partition coefficient (Wildman–Crippen LogP) is 2.45. The molecule has 0 radical (unpaired) electrons. The summed E-state index contributed by atoms with van der Waals surface area (Å²) in [6.07, 6.45) is 3.09. The second kappa shape index (κ2) is 7.35. The quantitative estimate of drug-likeness (QED) is 0.810. The molecule has 1 atom stereocenters. The van der Waals surface area contributed by atoms with Crippen LogP contribution in [0.3, 0.4) is 0 Å². The summed E-state index contributed by atoms with van der Waals surface area (Å²) >= 11 is 0. The Morgan fingerprint density at radius 2 is 2.04 bits per heavy atom. The first-order valence-electron chi connectivity index (χ1n) is 8.71. The summed E-state index contributed by atoms with van der Waals surface area (Å²) in [6, 6.07) is 6.19. The fraction of sp³-hybridized carbons (Fsp3) is 0.474. The van der Waals surface area contributed by atoms with Gasteiger partial charge in [0.2, 0.25) is 5.91 Å². The summed E-state index contributed by atoms with van der Waals surface area (Å²) in [5, 5.41) is 16.7. The number of hydrogen-bond acceptors (Lipinski definition) is 3. The van der Waals surface area contributed by atoms with E-state index in [0.29, 0.717) is 12.3 Å². The number of nitrogens with one attached hydrogen (secondary N) is 1. The Hall–Kier alpha value is -2.21. The molecular weight excluding hydrogens is 321 g/mol. The molecular formula is C19H24FN3O2. The van der Waals surface area contributed by atoms with Crippen molar-refractivity contribution in [3.05, 3.63) is 47.0 Å². The van der Waals surface area contributed by atoms with E-state index in [1.165, 1.54) is 12.1 Å². The maximum Gasteiger partial charge on any atom is 0.224 e. The fourth-order valence-corrected chi connectivity index (χ4v) is 3.25. The zero-order valence-electron chi connectivity index (χ0n) is 14.6. The molecule has 25 heavy (non-hydrogen) atoms. The normalized spacial score (nSPS) is 15.2. The largest absolute Gasteiger partial charge is 0.396 e. The highest BCUT2D eigenvalue weighted by molar-refractivity contribution is 5.79. The van der Waals surface area contributed by atoms with Crippen LogP contribution in [-0.2, 0) is 11.2 Å². The summed E-state index contributed by atoms with van der Waals surface area (Å²) < 4.78 is 14.9. The second-order valence-corrected chi connectivity index (χ2v) is 6.74. The molecule has 1 aliphatic rings. The molecule has 1 fully saturated rings. The zero-order valence-corrected chi connectivity index (χ0v) is 14.6. The lowest BCUT2D eigenvalue weighted by Crippen LogP contribution is -2.38. The van der Waals surface area contributed by atoms with Crippen LogP contribution in [0.5, 0.6) is 0 Å². The molecule has 2 N–H and O–H groups in total. The summed E-state index contributed by atoms with van der Waals surface area (Å²) in [6.45, 7) is 3.88. The Bertz CT molecular complexity index is 751. The highest BCUT2D eigenvalue weighted by Crippen LogP contribution is 2.34. The number of hydrogen-bond donors (Lipinski definition) is 2. The summed E-state index contributed by atoms with van der Waals surface area (Å²) in [5.74, 6) is 0.162. The number of aliphatic hydroxyl groups excluding tert-OH is 1. The highest BCUT2D eigenvalue weighted by atomic mass is 19.1. The van der Waals surface area contributed by atoms with Gasteiger partial charge in [-0.25, -0.2) is 9.07 Å². The highest BCUT2D eigenvalue weighted by Gasteiger charge is 2.32. The summed E-state index contributed by atoms with van der Waals surface area (Å²) in [5.41, 5.74) is 3.33. The number of benzene rings is 1. The van der Waals surface area contributed by atoms with Gasteiger partial charge in [-0.3, -0.25) is 4.79 Å². The van der Waals surface area contributed by atoms with Gasteiger partial charge >= 0.3 is 0 Å². The minimum absolute atomic E-state index is 0.0461. The van der Waals surface area contributed by atoms with Gasteiger partial charge in [-0.15, -0.1) is 0 Å². The van der Waals surface area contributed by atoms with Crippen molar-refractivity contribution in [2.75, 3.05) is 6.61 Å². The summed E-state index contributed by atoms with van der Waals surface area (Å²) in [4.78, 5) is 12.4. The second-order valence-electron chi connectivity index (χ2n) is 6.74. The number of nitrogens with zero attached hydrogens (tertiary/aromatic N) is 2. The Kier molecular flexibility index (Phi) is 5.18. The monoisotopic (exact) mass is 345 g/mol. The van der Waals surface area contributed by atoms with Crippen LogP contribution >= 0.6 is 0 Å². The van der Waals surface area contributed by atoms with Gasteiger partial charge in [0.25, 0.3) is 0 Å². The van der Waals surface area contributed by atoms with Gasteiger partial charge in [-0.1, -0.05) is 0 Å². The third kappa shape index (κ3) is 4.07. The van der Waals surface area contributed by atoms with Crippen LogP contribution in [-0.4, -0.2) is 33.4 Å². The molecule has 2 aromatic rings. The van der Waals surface area contributed by atoms with E-state index < -0.39 is 0 Å². The number of halogens is 1. The van der Waals surface area contributed by atoms with Gasteiger partial charge in [0.1, 0.15) is 5.82 Å². The smallest absolute Gasteiger partial charge is 0.224 e. The van der Waals surface area contributed by atoms with Crippen LogP contribution in [0.4, 0.5) is 4.39 Å². The molecule has 0 spiro atoms. The topological polar surface area (TPSA) is 67.2 Å². The van der Waals surface area contributed by atoms with E-state index in [9.17, 15) is 9.18 Å². The van der Waals surface area contributed by atoms with E-state index >= 15 is 0 Å². The Balaban J connectivity index is 1.74. The maximum absolute atomic E-state index is 13.1. The van der Waals surface area contributed by atoms with E-state index in [-0.39, 0.29) is 30.8 Å². The molecule has 5 nitrogen and oxygen atoms in total. The number of aromatic nitrogens is 2. The van der Waals surface area contributed by atoms with Crippen LogP contribution in [0.2, 0.25) is 0 Å². The molecule has 1 amide bonds. The van der Waals surface area contributed by atoms with Crippen LogP contribution in [0.15, 0.2) is 24.3 Å². The van der Waals surface area contributed by atoms with Gasteiger partial charge in [0.15, 0.2) is 0 Å². The van der Waals surface area contributed by atoms with E-state index in [1.807, 2.05) is 13.8 Å². The molecule has 3 rings (SSSR count). The Morgan fingerprint density at radius 3 is 2.64 bits per heavy atom. The number of carbonyl (C=O) groups is 1. The summed E-state index contributed by atoms with van der Waals surface area (Å²) in [7, 11) is 0. The van der Waals surface area contributed by atoms with Gasteiger partial charge in [-0.2, -0.15) is 5.10 Å². The Labute approximate surface area is 146 Å². The lowest BCUT2D eigenvalue weighted by molar-refractivity contribution is -0.121. The van der Waals surface area contributed by atoms with E-state index in [1.54, 1.807) is 16.8 Å². The lowest BCUT2D eigenvalue weighted by Gasteiger charge is -2.17. The van der Waals surface area contributed by atoms with Crippen molar-refractivity contribution >= 4 is 5.91 Å². The van der Waals surface area contributed by atoms with E-state index in [0.717, 1.165) is 35.5 Å². The van der Waals surface area contributed by atoms with Crippen molar-refractivity contribution in [2.45, 2.75) is 45.6 Å². The molecule has 1 heterocycles. The van der Waals surface area contributed by atoms with Crippen LogP contribution in [0.1, 0.15) is 36.2 Å². The maximum atomic E-state index is 13.1. The van der Waals surface area contributed by atoms with Crippen molar-refractivity contribution in [1.29, 1.82) is 0 Å². The zero-order chi connectivity index (χ0) is 18.0. The van der Waals surface area contributed by atoms with Crippen molar-refractivity contribution in [2.24, 2.45) is 5.92 Å².